The van der Waals surface area contributed by atoms with Gasteiger partial charge in [-0.1, -0.05) is 12.1 Å². The lowest BCUT2D eigenvalue weighted by molar-refractivity contribution is 0.374. The first-order valence-electron chi connectivity index (χ1n) is 4.44. The third kappa shape index (κ3) is 1.74. The lowest BCUT2D eigenvalue weighted by atomic mass is 10.1. The Morgan fingerprint density at radius 1 is 1.20 bits per heavy atom. The molecule has 4 nitrogen and oxygen atoms in total. The van der Waals surface area contributed by atoms with Gasteiger partial charge in [0.1, 0.15) is 6.33 Å². The van der Waals surface area contributed by atoms with E-state index in [0.717, 1.165) is 5.56 Å². The molecule has 0 spiro atoms. The van der Waals surface area contributed by atoms with Gasteiger partial charge in [0, 0.05) is 23.5 Å². The summed E-state index contributed by atoms with van der Waals surface area (Å²) in [7, 11) is 1.51. The molecule has 0 unspecified atom stereocenters. The summed E-state index contributed by atoms with van der Waals surface area (Å²) in [6.07, 6.45) is 4.73. The Morgan fingerprint density at radius 2 is 1.93 bits per heavy atom. The van der Waals surface area contributed by atoms with E-state index in [2.05, 4.69) is 9.97 Å². The molecule has 2 rings (SSSR count). The number of phenolic OH excluding ortho intramolecular Hbond substituents is 1. The summed E-state index contributed by atoms with van der Waals surface area (Å²) in [5, 5.41) is 9.86. The quantitative estimate of drug-likeness (QED) is 0.807. The van der Waals surface area contributed by atoms with E-state index >= 15 is 0 Å². The minimum atomic E-state index is 0.106. The van der Waals surface area contributed by atoms with Crippen LogP contribution in [-0.2, 0) is 0 Å². The number of methoxy groups -OCH3 is 1. The first kappa shape index (κ1) is 9.45. The molecule has 76 valence electrons. The van der Waals surface area contributed by atoms with Crippen molar-refractivity contribution in [1.29, 1.82) is 0 Å². The number of aromatic hydroxyl groups is 1. The van der Waals surface area contributed by atoms with Crippen LogP contribution in [0.1, 0.15) is 0 Å². The smallest absolute Gasteiger partial charge is 0.165 e. The molecule has 0 atom stereocenters. The van der Waals surface area contributed by atoms with Gasteiger partial charge in [0.05, 0.1) is 7.11 Å². The van der Waals surface area contributed by atoms with Gasteiger partial charge in [-0.25, -0.2) is 9.97 Å². The third-order valence-electron chi connectivity index (χ3n) is 2.09. The van der Waals surface area contributed by atoms with Crippen LogP contribution in [0.2, 0.25) is 0 Å². The van der Waals surface area contributed by atoms with Gasteiger partial charge in [-0.2, -0.15) is 0 Å². The van der Waals surface area contributed by atoms with Crippen molar-refractivity contribution in [3.05, 3.63) is 36.9 Å². The molecule has 4 heteroatoms. The minimum absolute atomic E-state index is 0.106. The van der Waals surface area contributed by atoms with Gasteiger partial charge in [-0.3, -0.25) is 0 Å². The molecular formula is C11H10N2O2. The van der Waals surface area contributed by atoms with Crippen molar-refractivity contribution < 1.29 is 9.84 Å². The van der Waals surface area contributed by atoms with Gasteiger partial charge in [-0.15, -0.1) is 0 Å². The molecule has 1 aromatic carbocycles. The van der Waals surface area contributed by atoms with Crippen LogP contribution in [0, 0.1) is 0 Å². The second kappa shape index (κ2) is 3.96. The fraction of sp³-hybridized carbons (Fsp3) is 0.0909. The maximum Gasteiger partial charge on any atom is 0.165 e. The van der Waals surface area contributed by atoms with Crippen molar-refractivity contribution in [2.75, 3.05) is 7.11 Å². The van der Waals surface area contributed by atoms with Crippen molar-refractivity contribution in [1.82, 2.24) is 9.97 Å². The molecule has 0 aliphatic carbocycles. The Kier molecular flexibility index (Phi) is 2.49. The van der Waals surface area contributed by atoms with Crippen LogP contribution in [-0.4, -0.2) is 22.2 Å². The summed E-state index contributed by atoms with van der Waals surface area (Å²) in [5.41, 5.74) is 1.42. The van der Waals surface area contributed by atoms with Crippen LogP contribution in [0.4, 0.5) is 0 Å². The SMILES string of the molecule is COc1cccc(-c2cncnc2)c1O. The zero-order valence-corrected chi connectivity index (χ0v) is 8.21. The lowest BCUT2D eigenvalue weighted by Crippen LogP contribution is -1.87. The van der Waals surface area contributed by atoms with Crippen LogP contribution in [0.5, 0.6) is 11.5 Å². The standard InChI is InChI=1S/C11H10N2O2/c1-15-10-4-2-3-9(11(10)14)8-5-12-7-13-6-8/h2-7,14H,1H3. The van der Waals surface area contributed by atoms with E-state index in [-0.39, 0.29) is 5.75 Å². The van der Waals surface area contributed by atoms with Crippen molar-refractivity contribution in [3.8, 4) is 22.6 Å². The maximum absolute atomic E-state index is 9.86. The minimum Gasteiger partial charge on any atom is -0.504 e. The van der Waals surface area contributed by atoms with Gasteiger partial charge in [0.2, 0.25) is 0 Å². The molecule has 0 radical (unpaired) electrons. The predicted molar refractivity (Wildman–Crippen MR) is 55.7 cm³/mol. The molecule has 1 N–H and O–H groups in total. The van der Waals surface area contributed by atoms with Gasteiger partial charge in [-0.05, 0) is 6.07 Å². The van der Waals surface area contributed by atoms with Crippen molar-refractivity contribution in [2.45, 2.75) is 0 Å². The molecule has 0 amide bonds. The van der Waals surface area contributed by atoms with E-state index < -0.39 is 0 Å². The summed E-state index contributed by atoms with van der Waals surface area (Å²) in [6.45, 7) is 0. The molecule has 1 heterocycles. The number of benzene rings is 1. The topological polar surface area (TPSA) is 55.2 Å². The zero-order chi connectivity index (χ0) is 10.7. The van der Waals surface area contributed by atoms with E-state index in [1.165, 1.54) is 13.4 Å². The largest absolute Gasteiger partial charge is 0.504 e. The van der Waals surface area contributed by atoms with Crippen LogP contribution < -0.4 is 4.74 Å². The van der Waals surface area contributed by atoms with E-state index in [1.54, 1.807) is 30.6 Å². The summed E-state index contributed by atoms with van der Waals surface area (Å²) >= 11 is 0. The number of para-hydroxylation sites is 1. The highest BCUT2D eigenvalue weighted by atomic mass is 16.5. The fourth-order valence-electron chi connectivity index (χ4n) is 1.36. The number of aromatic nitrogens is 2. The molecule has 2 aromatic rings. The van der Waals surface area contributed by atoms with Crippen molar-refractivity contribution in [3.63, 3.8) is 0 Å². The molecule has 0 aliphatic heterocycles. The number of ether oxygens (including phenoxy) is 1. The molecule has 1 aromatic heterocycles. The molecule has 0 bridgehead atoms. The summed E-state index contributed by atoms with van der Waals surface area (Å²) < 4.78 is 5.02. The van der Waals surface area contributed by atoms with Crippen molar-refractivity contribution >= 4 is 0 Å². The lowest BCUT2D eigenvalue weighted by Gasteiger charge is -2.07. The molecule has 15 heavy (non-hydrogen) atoms. The Hall–Kier alpha value is -2.10. The van der Waals surface area contributed by atoms with Crippen LogP contribution >= 0.6 is 0 Å². The zero-order valence-electron chi connectivity index (χ0n) is 8.21. The second-order valence-corrected chi connectivity index (χ2v) is 2.98. The normalized spacial score (nSPS) is 9.93. The number of hydrogen-bond donors (Lipinski definition) is 1. The Balaban J connectivity index is 2.54. The third-order valence-corrected chi connectivity index (χ3v) is 2.09. The molecule has 0 aliphatic rings. The van der Waals surface area contributed by atoms with Gasteiger partial charge < -0.3 is 9.84 Å². The average molecular weight is 202 g/mol. The van der Waals surface area contributed by atoms with E-state index in [1.807, 2.05) is 0 Å². The molecule has 0 saturated heterocycles. The number of rotatable bonds is 2. The van der Waals surface area contributed by atoms with Gasteiger partial charge in [0.15, 0.2) is 11.5 Å². The van der Waals surface area contributed by atoms with E-state index in [9.17, 15) is 5.11 Å². The highest BCUT2D eigenvalue weighted by Gasteiger charge is 2.08. The van der Waals surface area contributed by atoms with Crippen molar-refractivity contribution in [2.24, 2.45) is 0 Å². The number of phenols is 1. The predicted octanol–water partition coefficient (Wildman–Crippen LogP) is 1.86. The second-order valence-electron chi connectivity index (χ2n) is 2.98. The highest BCUT2D eigenvalue weighted by Crippen LogP contribution is 2.35. The van der Waals surface area contributed by atoms with E-state index in [0.29, 0.717) is 11.3 Å². The fourth-order valence-corrected chi connectivity index (χ4v) is 1.36. The maximum atomic E-state index is 9.86. The molecule has 0 fully saturated rings. The van der Waals surface area contributed by atoms with Gasteiger partial charge >= 0.3 is 0 Å². The monoisotopic (exact) mass is 202 g/mol. The average Bonchev–Trinajstić information content (AvgIpc) is 2.30. The number of nitrogens with zero attached hydrogens (tertiary/aromatic N) is 2. The Labute approximate surface area is 87.2 Å². The van der Waals surface area contributed by atoms with Crippen LogP contribution in [0.25, 0.3) is 11.1 Å². The molecule has 0 saturated carbocycles. The summed E-state index contributed by atoms with van der Waals surface area (Å²) in [5.74, 6) is 0.547. The van der Waals surface area contributed by atoms with E-state index in [4.69, 9.17) is 4.74 Å². The summed E-state index contributed by atoms with van der Waals surface area (Å²) in [6, 6.07) is 5.29. The molecular weight excluding hydrogens is 192 g/mol. The number of hydrogen-bond acceptors (Lipinski definition) is 4. The first-order chi connectivity index (χ1) is 7.33. The van der Waals surface area contributed by atoms with Gasteiger partial charge in [0.25, 0.3) is 0 Å². The summed E-state index contributed by atoms with van der Waals surface area (Å²) in [4.78, 5) is 7.79. The Morgan fingerprint density at radius 3 is 2.60 bits per heavy atom. The van der Waals surface area contributed by atoms with Crippen LogP contribution in [0.15, 0.2) is 36.9 Å². The Bertz CT molecular complexity index is 457. The first-order valence-corrected chi connectivity index (χ1v) is 4.44. The highest BCUT2D eigenvalue weighted by molar-refractivity contribution is 5.71. The van der Waals surface area contributed by atoms with Crippen LogP contribution in [0.3, 0.4) is 0 Å².